The van der Waals surface area contributed by atoms with Crippen molar-refractivity contribution in [1.29, 1.82) is 5.26 Å². The van der Waals surface area contributed by atoms with E-state index in [-0.39, 0.29) is 0 Å². The summed E-state index contributed by atoms with van der Waals surface area (Å²) in [4.78, 5) is 4.68. The van der Waals surface area contributed by atoms with Gasteiger partial charge in [0.1, 0.15) is 6.07 Å². The lowest BCUT2D eigenvalue weighted by Crippen LogP contribution is -2.09. The summed E-state index contributed by atoms with van der Waals surface area (Å²) in [5, 5.41) is 8.63. The van der Waals surface area contributed by atoms with Gasteiger partial charge < -0.3 is 4.90 Å². The molecule has 0 aliphatic heterocycles. The summed E-state index contributed by atoms with van der Waals surface area (Å²) < 4.78 is 0. The molecule has 0 spiro atoms. The molecule has 0 saturated carbocycles. The van der Waals surface area contributed by atoms with Crippen LogP contribution in [0, 0.1) is 17.4 Å². The quantitative estimate of drug-likeness (QED) is 0.217. The lowest BCUT2D eigenvalue weighted by Gasteiger charge is -2.25. The first kappa shape index (κ1) is 23.1. The van der Waals surface area contributed by atoms with Crippen molar-refractivity contribution in [2.24, 2.45) is 0 Å². The van der Waals surface area contributed by atoms with E-state index < -0.39 is 0 Å². The van der Waals surface area contributed by atoms with Crippen molar-refractivity contribution in [1.82, 2.24) is 0 Å². The van der Waals surface area contributed by atoms with Gasteiger partial charge in [-0.05, 0) is 77.4 Å². The molecule has 0 atom stereocenters. The highest BCUT2D eigenvalue weighted by molar-refractivity contribution is 7.16. The summed E-state index contributed by atoms with van der Waals surface area (Å²) >= 11 is 1.76. The molecule has 1 aromatic heterocycles. The number of thiophene rings is 1. The van der Waals surface area contributed by atoms with Gasteiger partial charge in [-0.15, -0.1) is 11.3 Å². The van der Waals surface area contributed by atoms with Gasteiger partial charge in [0, 0.05) is 26.8 Å². The van der Waals surface area contributed by atoms with Crippen molar-refractivity contribution in [3.63, 3.8) is 0 Å². The van der Waals surface area contributed by atoms with Crippen molar-refractivity contribution < 1.29 is 0 Å². The smallest absolute Gasteiger partial charge is 0.101 e. The zero-order chi connectivity index (χ0) is 24.6. The standard InChI is InChI=1S/C33H23N2S/c34-25-7-8-26-13-18-28(19-14-26)33-24-23-32(36-33)22-17-27-15-20-31(21-16-27)35(29-9-3-1-4-10-29)30-11-5-2-6-12-30/h1-6,8-24H/b8-7?,22-17+. The molecule has 0 saturated heterocycles. The van der Waals surface area contributed by atoms with Gasteiger partial charge in [0.2, 0.25) is 0 Å². The van der Waals surface area contributed by atoms with E-state index in [1.165, 1.54) is 15.3 Å². The Hall–Kier alpha value is -4.65. The Morgan fingerprint density at radius 3 is 1.78 bits per heavy atom. The molecule has 0 fully saturated rings. The predicted molar refractivity (Wildman–Crippen MR) is 153 cm³/mol. The molecule has 0 N–H and O–H groups in total. The number of anilines is 3. The number of benzene rings is 4. The number of allylic oxidation sites excluding steroid dienone is 1. The van der Waals surface area contributed by atoms with Crippen molar-refractivity contribution in [2.45, 2.75) is 0 Å². The van der Waals surface area contributed by atoms with Crippen LogP contribution in [0.1, 0.15) is 16.0 Å². The Bertz CT molecular complexity index is 1470. The van der Waals surface area contributed by atoms with Crippen LogP contribution in [0.25, 0.3) is 28.7 Å². The lowest BCUT2D eigenvalue weighted by molar-refractivity contribution is 1.28. The second-order valence-corrected chi connectivity index (χ2v) is 9.27. The van der Waals surface area contributed by atoms with Crippen molar-refractivity contribution >= 4 is 46.6 Å². The van der Waals surface area contributed by atoms with Gasteiger partial charge in [0.15, 0.2) is 0 Å². The van der Waals surface area contributed by atoms with Gasteiger partial charge in [-0.1, -0.05) is 78.9 Å². The Morgan fingerprint density at radius 2 is 1.17 bits per heavy atom. The first-order valence-electron chi connectivity index (χ1n) is 11.7. The summed E-state index contributed by atoms with van der Waals surface area (Å²) in [6.45, 7) is 0. The van der Waals surface area contributed by atoms with Crippen molar-refractivity contribution in [2.75, 3.05) is 4.90 Å². The predicted octanol–water partition coefficient (Wildman–Crippen LogP) is 9.40. The van der Waals surface area contributed by atoms with Crippen LogP contribution in [0.5, 0.6) is 0 Å². The van der Waals surface area contributed by atoms with E-state index in [1.807, 2.05) is 30.3 Å². The van der Waals surface area contributed by atoms with Crippen LogP contribution in [0.4, 0.5) is 17.1 Å². The monoisotopic (exact) mass is 479 g/mol. The third kappa shape index (κ3) is 5.52. The maximum Gasteiger partial charge on any atom is 0.101 e. The van der Waals surface area contributed by atoms with Gasteiger partial charge in [-0.25, -0.2) is 0 Å². The van der Waals surface area contributed by atoms with Gasteiger partial charge in [0.25, 0.3) is 0 Å². The van der Waals surface area contributed by atoms with Crippen LogP contribution in [-0.4, -0.2) is 0 Å². The molecule has 5 rings (SSSR count). The SMILES string of the molecule is N#C/[C]=C\c1ccc(-c2ccc(/C=C/c3ccc(N(c4ccccc4)c4ccccc4)cc3)s2)cc1. The number of rotatable bonds is 7. The zero-order valence-electron chi connectivity index (χ0n) is 19.6. The summed E-state index contributed by atoms with van der Waals surface area (Å²) in [5.74, 6) is 0. The summed E-state index contributed by atoms with van der Waals surface area (Å²) in [6, 6.07) is 43.9. The normalized spacial score (nSPS) is 11.1. The minimum Gasteiger partial charge on any atom is -0.311 e. The average Bonchev–Trinajstić information content (AvgIpc) is 3.42. The van der Waals surface area contributed by atoms with Crippen molar-refractivity contribution in [3.8, 4) is 16.5 Å². The molecule has 4 aromatic carbocycles. The summed E-state index contributed by atoms with van der Waals surface area (Å²) in [7, 11) is 0. The minimum absolute atomic E-state index is 0.971. The topological polar surface area (TPSA) is 27.0 Å². The second kappa shape index (κ2) is 11.2. The molecule has 1 heterocycles. The van der Waals surface area contributed by atoms with E-state index in [4.69, 9.17) is 5.26 Å². The minimum atomic E-state index is 0.971. The van der Waals surface area contributed by atoms with E-state index in [1.54, 1.807) is 17.4 Å². The van der Waals surface area contributed by atoms with Crippen LogP contribution in [0.3, 0.4) is 0 Å². The molecule has 2 nitrogen and oxygen atoms in total. The Morgan fingerprint density at radius 1 is 0.583 bits per heavy atom. The number of hydrogen-bond acceptors (Lipinski definition) is 3. The van der Waals surface area contributed by atoms with Crippen LogP contribution in [0.15, 0.2) is 121 Å². The number of nitriles is 1. The molecule has 0 bridgehead atoms. The van der Waals surface area contributed by atoms with Gasteiger partial charge in [-0.2, -0.15) is 5.26 Å². The molecule has 1 radical (unpaired) electrons. The zero-order valence-corrected chi connectivity index (χ0v) is 20.4. The molecule has 5 aromatic rings. The summed E-state index contributed by atoms with van der Waals surface area (Å²) in [5.41, 5.74) is 6.67. The summed E-state index contributed by atoms with van der Waals surface area (Å²) in [6.07, 6.45) is 8.56. The average molecular weight is 480 g/mol. The van der Waals surface area contributed by atoms with E-state index in [9.17, 15) is 0 Å². The Balaban J connectivity index is 1.33. The highest BCUT2D eigenvalue weighted by Crippen LogP contribution is 2.34. The molecule has 0 aliphatic rings. The molecule has 36 heavy (non-hydrogen) atoms. The number of para-hydroxylation sites is 2. The largest absolute Gasteiger partial charge is 0.311 e. The molecule has 171 valence electrons. The second-order valence-electron chi connectivity index (χ2n) is 8.16. The highest BCUT2D eigenvalue weighted by Gasteiger charge is 2.11. The van der Waals surface area contributed by atoms with Gasteiger partial charge >= 0.3 is 0 Å². The fraction of sp³-hybridized carbons (Fsp3) is 0. The fourth-order valence-corrected chi connectivity index (χ4v) is 4.89. The first-order valence-corrected chi connectivity index (χ1v) is 12.5. The van der Waals surface area contributed by atoms with Crippen LogP contribution in [-0.2, 0) is 0 Å². The number of nitrogens with zero attached hydrogens (tertiary/aromatic N) is 2. The Kier molecular flexibility index (Phi) is 7.18. The highest BCUT2D eigenvalue weighted by atomic mass is 32.1. The third-order valence-electron chi connectivity index (χ3n) is 5.75. The Labute approximate surface area is 216 Å². The molecule has 0 unspecified atom stereocenters. The van der Waals surface area contributed by atoms with Crippen LogP contribution >= 0.6 is 11.3 Å². The van der Waals surface area contributed by atoms with Gasteiger partial charge in [-0.3, -0.25) is 0 Å². The van der Waals surface area contributed by atoms with E-state index in [0.29, 0.717) is 0 Å². The molecule has 3 heteroatoms. The van der Waals surface area contributed by atoms with E-state index >= 15 is 0 Å². The molecular weight excluding hydrogens is 456 g/mol. The van der Waals surface area contributed by atoms with E-state index in [2.05, 4.69) is 120 Å². The van der Waals surface area contributed by atoms with Crippen LogP contribution in [0.2, 0.25) is 0 Å². The first-order chi connectivity index (χ1) is 17.8. The van der Waals surface area contributed by atoms with E-state index in [0.717, 1.165) is 28.2 Å². The van der Waals surface area contributed by atoms with Gasteiger partial charge in [0.05, 0.1) is 6.08 Å². The van der Waals surface area contributed by atoms with Crippen LogP contribution < -0.4 is 4.90 Å². The lowest BCUT2D eigenvalue weighted by atomic mass is 10.1. The molecular formula is C33H23N2S. The third-order valence-corrected chi connectivity index (χ3v) is 6.85. The maximum absolute atomic E-state index is 8.63. The fourth-order valence-electron chi connectivity index (χ4n) is 3.97. The molecule has 0 aliphatic carbocycles. The number of hydrogen-bond donors (Lipinski definition) is 0. The van der Waals surface area contributed by atoms with Crippen molar-refractivity contribution in [3.05, 3.63) is 143 Å². The molecule has 0 amide bonds. The maximum atomic E-state index is 8.63.